The molecule has 1 saturated heterocycles. The molecule has 8 nitrogen and oxygen atoms in total. The van der Waals surface area contributed by atoms with E-state index in [-0.39, 0.29) is 28.2 Å². The first-order chi connectivity index (χ1) is 17.0. The first-order valence-electron chi connectivity index (χ1n) is 10.9. The number of amides is 1. The van der Waals surface area contributed by atoms with E-state index in [2.05, 4.69) is 15.1 Å². The van der Waals surface area contributed by atoms with Crippen LogP contribution in [0.5, 0.6) is 0 Å². The summed E-state index contributed by atoms with van der Waals surface area (Å²) in [4.78, 5) is 16.8. The van der Waals surface area contributed by atoms with Crippen molar-refractivity contribution in [2.75, 3.05) is 27.6 Å². The fraction of sp³-hybridized carbons (Fsp3) is 0.318. The van der Waals surface area contributed by atoms with Gasteiger partial charge in [0, 0.05) is 29.5 Å². The van der Waals surface area contributed by atoms with E-state index in [1.165, 1.54) is 24.3 Å². The molecule has 190 valence electrons. The lowest BCUT2D eigenvalue weighted by Crippen LogP contribution is -2.44. The molecular formula is C22H19ClF3N5O3S2. The van der Waals surface area contributed by atoms with Crippen LogP contribution in [0.2, 0.25) is 5.02 Å². The van der Waals surface area contributed by atoms with E-state index in [1.54, 1.807) is 4.90 Å². The Bertz CT molecular complexity index is 1410. The topological polar surface area (TPSA) is 95.5 Å². The minimum absolute atomic E-state index is 0.0833. The number of sulfonamides is 1. The summed E-state index contributed by atoms with van der Waals surface area (Å²) in [7, 11) is -4.20. The van der Waals surface area contributed by atoms with Crippen LogP contribution in [0.4, 0.5) is 29.7 Å². The van der Waals surface area contributed by atoms with E-state index in [4.69, 9.17) is 11.6 Å². The van der Waals surface area contributed by atoms with Crippen LogP contribution in [0, 0.1) is 0 Å². The van der Waals surface area contributed by atoms with Crippen molar-refractivity contribution in [1.29, 1.82) is 0 Å². The molecule has 14 heteroatoms. The second kappa shape index (κ2) is 9.20. The minimum Gasteiger partial charge on any atom is -0.359 e. The molecule has 0 spiro atoms. The van der Waals surface area contributed by atoms with Crippen molar-refractivity contribution >= 4 is 55.4 Å². The Kier molecular flexibility index (Phi) is 6.33. The number of nitrogens with zero attached hydrogens (tertiary/aromatic N) is 4. The molecular weight excluding hydrogens is 539 g/mol. The van der Waals surface area contributed by atoms with Crippen LogP contribution in [0.1, 0.15) is 23.4 Å². The van der Waals surface area contributed by atoms with Gasteiger partial charge in [-0.1, -0.05) is 22.9 Å². The molecule has 1 amide bonds. The molecule has 0 aliphatic carbocycles. The first kappa shape index (κ1) is 24.8. The van der Waals surface area contributed by atoms with E-state index >= 15 is 0 Å². The number of hydrogen-bond donors (Lipinski definition) is 1. The van der Waals surface area contributed by atoms with Gasteiger partial charge in [0.25, 0.3) is 10.0 Å². The largest absolute Gasteiger partial charge is 0.445 e. The van der Waals surface area contributed by atoms with Gasteiger partial charge in [0.05, 0.1) is 4.90 Å². The third kappa shape index (κ3) is 4.74. The van der Waals surface area contributed by atoms with Crippen LogP contribution in [-0.2, 0) is 27.4 Å². The van der Waals surface area contributed by atoms with Crippen molar-refractivity contribution in [1.82, 2.24) is 10.2 Å². The van der Waals surface area contributed by atoms with Crippen molar-refractivity contribution in [2.45, 2.75) is 36.4 Å². The van der Waals surface area contributed by atoms with Crippen LogP contribution in [0.25, 0.3) is 0 Å². The highest BCUT2D eigenvalue weighted by Gasteiger charge is 2.39. The van der Waals surface area contributed by atoms with Gasteiger partial charge in [0.2, 0.25) is 16.0 Å². The van der Waals surface area contributed by atoms with Gasteiger partial charge in [-0.25, -0.2) is 8.42 Å². The monoisotopic (exact) mass is 557 g/mol. The van der Waals surface area contributed by atoms with Gasteiger partial charge < -0.3 is 9.80 Å². The average Bonchev–Trinajstić information content (AvgIpc) is 3.45. The Morgan fingerprint density at radius 2 is 1.83 bits per heavy atom. The smallest absolute Gasteiger partial charge is 0.359 e. The summed E-state index contributed by atoms with van der Waals surface area (Å²) >= 11 is 6.23. The first-order valence-corrected chi connectivity index (χ1v) is 13.6. The zero-order chi connectivity index (χ0) is 25.7. The number of benzene rings is 2. The molecule has 2 aliphatic heterocycles. The van der Waals surface area contributed by atoms with Gasteiger partial charge in [-0.05, 0) is 67.3 Å². The second-order valence-corrected chi connectivity index (χ2v) is 11.5. The van der Waals surface area contributed by atoms with Crippen molar-refractivity contribution in [3.63, 3.8) is 0 Å². The minimum atomic E-state index is -4.72. The summed E-state index contributed by atoms with van der Waals surface area (Å²) in [6.07, 6.45) is -2.29. The number of nitrogens with one attached hydrogen (secondary N) is 1. The highest BCUT2D eigenvalue weighted by Crippen LogP contribution is 2.36. The number of fused-ring (bicyclic) bond motifs is 1. The molecule has 3 heterocycles. The summed E-state index contributed by atoms with van der Waals surface area (Å²) in [5.74, 6) is -0.0833. The number of aromatic nitrogens is 2. The number of hydrogen-bond acceptors (Lipinski definition) is 7. The van der Waals surface area contributed by atoms with Crippen LogP contribution < -0.4 is 14.5 Å². The maximum atomic E-state index is 13.3. The molecule has 0 bridgehead atoms. The van der Waals surface area contributed by atoms with Gasteiger partial charge in [0.15, 0.2) is 0 Å². The molecule has 0 radical (unpaired) electrons. The number of anilines is 3. The standard InChI is InChI=1S/C22H19ClF3N5O3S2/c23-14-3-8-17-13(12-14)2-1-10-31(17)18-9-11-30(19(18)32)15-4-6-16(7-5-15)36(33,34)29-21-28-27-20(35-21)22(24,25)26/h3-8,12,18H,1-2,9-11H2,(H,28,29)/t18-/m0/s1. The highest BCUT2D eigenvalue weighted by atomic mass is 35.5. The lowest BCUT2D eigenvalue weighted by Gasteiger charge is -2.35. The molecule has 1 N–H and O–H groups in total. The number of carbonyl (C=O) groups excluding carboxylic acids is 1. The fourth-order valence-corrected chi connectivity index (χ4v) is 6.52. The normalized spacial score (nSPS) is 18.4. The average molecular weight is 558 g/mol. The lowest BCUT2D eigenvalue weighted by atomic mass is 9.99. The SMILES string of the molecule is O=C1[C@@H](N2CCCc3cc(Cl)ccc32)CCN1c1ccc(S(=O)(=O)Nc2nnc(C(F)(F)F)s2)cc1. The molecule has 2 aromatic carbocycles. The summed E-state index contributed by atoms with van der Waals surface area (Å²) in [6.45, 7) is 1.22. The Hall–Kier alpha value is -2.90. The van der Waals surface area contributed by atoms with Gasteiger partial charge in [-0.2, -0.15) is 13.2 Å². The number of rotatable bonds is 5. The molecule has 1 fully saturated rings. The molecule has 36 heavy (non-hydrogen) atoms. The Labute approximate surface area is 213 Å². The number of aryl methyl sites for hydroxylation is 1. The zero-order valence-electron chi connectivity index (χ0n) is 18.5. The second-order valence-electron chi connectivity index (χ2n) is 8.37. The third-order valence-electron chi connectivity index (χ3n) is 6.10. The van der Waals surface area contributed by atoms with Crippen molar-refractivity contribution < 1.29 is 26.4 Å². The molecule has 3 aromatic rings. The van der Waals surface area contributed by atoms with E-state index in [0.717, 1.165) is 30.6 Å². The molecule has 2 aliphatic rings. The summed E-state index contributed by atoms with van der Waals surface area (Å²) in [5, 5.41) is 5.13. The predicted molar refractivity (Wildman–Crippen MR) is 130 cm³/mol. The lowest BCUT2D eigenvalue weighted by molar-refractivity contribution is -0.138. The Morgan fingerprint density at radius 3 is 2.53 bits per heavy atom. The molecule has 1 aromatic heterocycles. The van der Waals surface area contributed by atoms with Crippen LogP contribution in [0.15, 0.2) is 47.4 Å². The van der Waals surface area contributed by atoms with Crippen LogP contribution in [-0.4, -0.2) is 43.7 Å². The maximum Gasteiger partial charge on any atom is 0.445 e. The van der Waals surface area contributed by atoms with Gasteiger partial charge in [-0.15, -0.1) is 10.2 Å². The fourth-order valence-electron chi connectivity index (χ4n) is 4.49. The predicted octanol–water partition coefficient (Wildman–Crippen LogP) is 4.57. The highest BCUT2D eigenvalue weighted by molar-refractivity contribution is 7.93. The number of halogens is 4. The van der Waals surface area contributed by atoms with Crippen LogP contribution in [0.3, 0.4) is 0 Å². The van der Waals surface area contributed by atoms with E-state index in [1.807, 2.05) is 22.9 Å². The zero-order valence-corrected chi connectivity index (χ0v) is 20.9. The number of alkyl halides is 3. The quantitative estimate of drug-likeness (QED) is 0.494. The Morgan fingerprint density at radius 1 is 1.08 bits per heavy atom. The summed E-state index contributed by atoms with van der Waals surface area (Å²) < 4.78 is 65.3. The number of carbonyl (C=O) groups is 1. The van der Waals surface area contributed by atoms with Crippen molar-refractivity contribution in [3.05, 3.63) is 58.1 Å². The molecule has 0 unspecified atom stereocenters. The molecule has 0 saturated carbocycles. The van der Waals surface area contributed by atoms with E-state index in [9.17, 15) is 26.4 Å². The van der Waals surface area contributed by atoms with Gasteiger partial charge in [0.1, 0.15) is 6.04 Å². The van der Waals surface area contributed by atoms with Gasteiger partial charge in [-0.3, -0.25) is 9.52 Å². The van der Waals surface area contributed by atoms with Gasteiger partial charge >= 0.3 is 6.18 Å². The van der Waals surface area contributed by atoms with Crippen molar-refractivity contribution in [2.24, 2.45) is 0 Å². The summed E-state index contributed by atoms with van der Waals surface area (Å²) in [6, 6.07) is 10.9. The maximum absolute atomic E-state index is 13.3. The summed E-state index contributed by atoms with van der Waals surface area (Å²) in [5.41, 5.74) is 2.65. The van der Waals surface area contributed by atoms with Crippen molar-refractivity contribution in [3.8, 4) is 0 Å². The molecule has 1 atom stereocenters. The van der Waals surface area contributed by atoms with E-state index < -0.39 is 26.3 Å². The Balaban J connectivity index is 1.30. The van der Waals surface area contributed by atoms with E-state index in [0.29, 0.717) is 23.7 Å². The third-order valence-corrected chi connectivity index (χ3v) is 8.70. The molecule has 5 rings (SSSR count). The van der Waals surface area contributed by atoms with Crippen LogP contribution >= 0.6 is 22.9 Å².